The van der Waals surface area contributed by atoms with Crippen molar-refractivity contribution in [1.29, 1.82) is 0 Å². The number of likely N-dealkylation sites (tertiary alicyclic amines) is 1. The smallest absolute Gasteiger partial charge is 0.328 e. The average molecular weight is 416 g/mol. The van der Waals surface area contributed by atoms with Crippen LogP contribution in [-0.4, -0.2) is 42.8 Å². The van der Waals surface area contributed by atoms with E-state index in [9.17, 15) is 14.4 Å². The number of rotatable bonds is 3. The van der Waals surface area contributed by atoms with Crippen LogP contribution >= 0.6 is 11.6 Å². The Balaban J connectivity index is 1.58. The highest BCUT2D eigenvalue weighted by Gasteiger charge is 2.29. The van der Waals surface area contributed by atoms with E-state index in [2.05, 4.69) is 9.97 Å². The molecular formula is C20H22ClN5O3. The molecule has 3 aromatic heterocycles. The molecule has 4 heterocycles. The fourth-order valence-corrected chi connectivity index (χ4v) is 4.06. The zero-order valence-corrected chi connectivity index (χ0v) is 17.1. The first-order chi connectivity index (χ1) is 13.9. The van der Waals surface area contributed by atoms with Crippen molar-refractivity contribution in [3.63, 3.8) is 0 Å². The van der Waals surface area contributed by atoms with Gasteiger partial charge in [0, 0.05) is 37.1 Å². The minimum Gasteiger partial charge on any atom is -0.337 e. The Morgan fingerprint density at radius 3 is 2.66 bits per heavy atom. The van der Waals surface area contributed by atoms with Crippen molar-refractivity contribution < 1.29 is 4.79 Å². The van der Waals surface area contributed by atoms with Crippen LogP contribution in [0.1, 0.15) is 47.6 Å². The zero-order valence-electron chi connectivity index (χ0n) is 16.3. The lowest BCUT2D eigenvalue weighted by atomic mass is 10.0. The third kappa shape index (κ3) is 3.48. The van der Waals surface area contributed by atoms with Crippen LogP contribution in [0.2, 0.25) is 5.02 Å². The lowest BCUT2D eigenvalue weighted by Crippen LogP contribution is -2.42. The predicted molar refractivity (Wildman–Crippen MR) is 110 cm³/mol. The van der Waals surface area contributed by atoms with E-state index in [1.807, 2.05) is 6.92 Å². The molecule has 0 aromatic carbocycles. The van der Waals surface area contributed by atoms with Crippen molar-refractivity contribution in [2.45, 2.75) is 39.2 Å². The Labute approximate surface area is 171 Å². The number of hydrogen-bond acceptors (Lipinski definition) is 4. The van der Waals surface area contributed by atoms with Gasteiger partial charge in [-0.2, -0.15) is 0 Å². The monoisotopic (exact) mass is 415 g/mol. The van der Waals surface area contributed by atoms with Crippen molar-refractivity contribution in [1.82, 2.24) is 23.8 Å². The third-order valence-electron chi connectivity index (χ3n) is 5.48. The highest BCUT2D eigenvalue weighted by Crippen LogP contribution is 2.24. The van der Waals surface area contributed by atoms with Gasteiger partial charge in [0.05, 0.1) is 10.7 Å². The molecule has 0 saturated carbocycles. The molecule has 8 nitrogen and oxygen atoms in total. The number of aryl methyl sites for hydroxylation is 2. The number of piperidine rings is 1. The molecule has 1 amide bonds. The van der Waals surface area contributed by atoms with Crippen LogP contribution in [0.3, 0.4) is 0 Å². The van der Waals surface area contributed by atoms with Crippen LogP contribution in [0, 0.1) is 6.92 Å². The van der Waals surface area contributed by atoms with Crippen LogP contribution in [0.5, 0.6) is 0 Å². The highest BCUT2D eigenvalue weighted by molar-refractivity contribution is 6.30. The molecule has 1 aliphatic heterocycles. The normalized spacial score (nSPS) is 15.2. The van der Waals surface area contributed by atoms with Gasteiger partial charge in [-0.25, -0.2) is 9.78 Å². The number of imidazole rings is 1. The van der Waals surface area contributed by atoms with Crippen molar-refractivity contribution in [3.8, 4) is 0 Å². The number of aromatic amines is 1. The fraction of sp³-hybridized carbons (Fsp3) is 0.400. The molecule has 9 heteroatoms. The summed E-state index contributed by atoms with van der Waals surface area (Å²) in [5.74, 6) is -0.0833. The summed E-state index contributed by atoms with van der Waals surface area (Å²) in [5, 5.41) is 0.540. The summed E-state index contributed by atoms with van der Waals surface area (Å²) in [6.07, 6.45) is 5.23. The maximum atomic E-state index is 13.3. The molecule has 0 spiro atoms. The van der Waals surface area contributed by atoms with E-state index < -0.39 is 5.69 Å². The summed E-state index contributed by atoms with van der Waals surface area (Å²) in [5.41, 5.74) is 1.71. The zero-order chi connectivity index (χ0) is 20.7. The van der Waals surface area contributed by atoms with Gasteiger partial charge in [-0.3, -0.25) is 23.5 Å². The minimum absolute atomic E-state index is 0.0515. The maximum absolute atomic E-state index is 13.3. The van der Waals surface area contributed by atoms with Gasteiger partial charge in [0.15, 0.2) is 0 Å². The number of carbonyl (C=O) groups is 1. The number of pyridine rings is 1. The predicted octanol–water partition coefficient (Wildman–Crippen LogP) is 2.19. The SMILES string of the molecule is CCc1nc2ccc(Cl)cn2c1C(=O)N1CCC(n2cc(C)c(=O)[nH]c2=O)CC1. The Kier molecular flexibility index (Phi) is 5.04. The second-order valence-corrected chi connectivity index (χ2v) is 7.77. The molecule has 0 atom stereocenters. The molecule has 1 N–H and O–H groups in total. The Morgan fingerprint density at radius 2 is 1.97 bits per heavy atom. The van der Waals surface area contributed by atoms with Crippen LogP contribution in [0.15, 0.2) is 34.1 Å². The number of fused-ring (bicyclic) bond motifs is 1. The summed E-state index contributed by atoms with van der Waals surface area (Å²) >= 11 is 6.13. The van der Waals surface area contributed by atoms with Gasteiger partial charge in [-0.05, 0) is 38.3 Å². The van der Waals surface area contributed by atoms with Crippen molar-refractivity contribution in [2.24, 2.45) is 0 Å². The van der Waals surface area contributed by atoms with Gasteiger partial charge < -0.3 is 4.90 Å². The van der Waals surface area contributed by atoms with Crippen LogP contribution in [-0.2, 0) is 6.42 Å². The third-order valence-corrected chi connectivity index (χ3v) is 5.71. The molecule has 1 aliphatic rings. The summed E-state index contributed by atoms with van der Waals surface area (Å²) < 4.78 is 3.33. The summed E-state index contributed by atoms with van der Waals surface area (Å²) in [6.45, 7) is 4.68. The van der Waals surface area contributed by atoms with Gasteiger partial charge in [0.1, 0.15) is 11.3 Å². The molecule has 1 fully saturated rings. The number of halogens is 1. The Hall–Kier alpha value is -2.87. The topological polar surface area (TPSA) is 92.5 Å². The molecule has 0 unspecified atom stereocenters. The molecule has 4 rings (SSSR count). The molecule has 3 aromatic rings. The summed E-state index contributed by atoms with van der Waals surface area (Å²) in [6, 6.07) is 3.51. The van der Waals surface area contributed by atoms with Crippen molar-refractivity contribution in [2.75, 3.05) is 13.1 Å². The largest absolute Gasteiger partial charge is 0.337 e. The van der Waals surface area contributed by atoms with E-state index in [0.717, 1.165) is 5.69 Å². The summed E-state index contributed by atoms with van der Waals surface area (Å²) in [7, 11) is 0. The van der Waals surface area contributed by atoms with Gasteiger partial charge in [0.25, 0.3) is 11.5 Å². The Morgan fingerprint density at radius 1 is 1.24 bits per heavy atom. The number of hydrogen-bond donors (Lipinski definition) is 1. The van der Waals surface area contributed by atoms with Crippen LogP contribution < -0.4 is 11.2 Å². The van der Waals surface area contributed by atoms with Gasteiger partial charge in [-0.1, -0.05) is 18.5 Å². The average Bonchev–Trinajstić information content (AvgIpc) is 3.08. The lowest BCUT2D eigenvalue weighted by Gasteiger charge is -2.32. The molecular weight excluding hydrogens is 394 g/mol. The number of amides is 1. The number of nitrogens with zero attached hydrogens (tertiary/aromatic N) is 4. The molecule has 1 saturated heterocycles. The van der Waals surface area contributed by atoms with E-state index in [-0.39, 0.29) is 17.5 Å². The van der Waals surface area contributed by atoms with E-state index >= 15 is 0 Å². The molecule has 0 aliphatic carbocycles. The van der Waals surface area contributed by atoms with Gasteiger partial charge >= 0.3 is 5.69 Å². The first-order valence-corrected chi connectivity index (χ1v) is 10.0. The second-order valence-electron chi connectivity index (χ2n) is 7.34. The first kappa shape index (κ1) is 19.4. The van der Waals surface area contributed by atoms with Gasteiger partial charge in [0.2, 0.25) is 0 Å². The van der Waals surface area contributed by atoms with Crippen LogP contribution in [0.25, 0.3) is 5.65 Å². The Bertz CT molecular complexity index is 1200. The number of H-pyrrole nitrogens is 1. The van der Waals surface area contributed by atoms with Crippen molar-refractivity contribution in [3.05, 3.63) is 67.3 Å². The lowest BCUT2D eigenvalue weighted by molar-refractivity contribution is 0.0684. The highest BCUT2D eigenvalue weighted by atomic mass is 35.5. The van der Waals surface area contributed by atoms with Crippen molar-refractivity contribution >= 4 is 23.2 Å². The number of aromatic nitrogens is 4. The molecule has 29 heavy (non-hydrogen) atoms. The van der Waals surface area contributed by atoms with E-state index in [1.165, 1.54) is 0 Å². The molecule has 0 bridgehead atoms. The molecule has 152 valence electrons. The van der Waals surface area contributed by atoms with E-state index in [0.29, 0.717) is 54.3 Å². The molecule has 0 radical (unpaired) electrons. The number of nitrogens with one attached hydrogen (secondary N) is 1. The second kappa shape index (κ2) is 7.51. The van der Waals surface area contributed by atoms with E-state index in [4.69, 9.17) is 11.6 Å². The van der Waals surface area contributed by atoms with Crippen LogP contribution in [0.4, 0.5) is 0 Å². The maximum Gasteiger partial charge on any atom is 0.328 e. The first-order valence-electron chi connectivity index (χ1n) is 9.67. The standard InChI is InChI=1S/C20H22ClN5O3/c1-3-15-17(26-11-13(21)4-5-16(26)22-15)19(28)24-8-6-14(7-9-24)25-10-12(2)18(27)23-20(25)29/h4-5,10-11,14H,3,6-9H2,1-2H3,(H,23,27,29). The van der Waals surface area contributed by atoms with Gasteiger partial charge in [-0.15, -0.1) is 0 Å². The summed E-state index contributed by atoms with van der Waals surface area (Å²) in [4.78, 5) is 45.7. The fourth-order valence-electron chi connectivity index (χ4n) is 3.89. The minimum atomic E-state index is -0.407. The van der Waals surface area contributed by atoms with E-state index in [1.54, 1.807) is 45.3 Å². The quantitative estimate of drug-likeness (QED) is 0.709. The number of carbonyl (C=O) groups excluding carboxylic acids is 1.